The molecule has 0 spiro atoms. The first kappa shape index (κ1) is 7.20. The maximum atomic E-state index is 10.7. The Balaban J connectivity index is 2.78. The highest BCUT2D eigenvalue weighted by molar-refractivity contribution is 14.1. The van der Waals surface area contributed by atoms with Crippen LogP contribution in [-0.4, -0.2) is 4.43 Å². The lowest BCUT2D eigenvalue weighted by Gasteiger charge is -1.77. The predicted molar refractivity (Wildman–Crippen MR) is 34.8 cm³/mol. The standard InChI is InChI=1S/C4H6FIO/c5-7-4-2-1-3-6/h2,4H,1,3H2. The van der Waals surface area contributed by atoms with Gasteiger partial charge in [-0.25, -0.2) is 0 Å². The summed E-state index contributed by atoms with van der Waals surface area (Å²) in [5.41, 5.74) is 0. The molecule has 0 aromatic carbocycles. The molecule has 0 radical (unpaired) electrons. The molecule has 0 rings (SSSR count). The van der Waals surface area contributed by atoms with E-state index in [1.165, 1.54) is 0 Å². The van der Waals surface area contributed by atoms with Crippen LogP contribution in [0.3, 0.4) is 0 Å². The second-order valence-corrected chi connectivity index (χ2v) is 2.02. The van der Waals surface area contributed by atoms with Gasteiger partial charge in [-0.15, -0.1) is 0 Å². The van der Waals surface area contributed by atoms with E-state index < -0.39 is 0 Å². The van der Waals surface area contributed by atoms with E-state index in [1.807, 2.05) is 0 Å². The summed E-state index contributed by atoms with van der Waals surface area (Å²) >= 11 is 2.20. The van der Waals surface area contributed by atoms with Crippen molar-refractivity contribution in [2.45, 2.75) is 6.42 Å². The van der Waals surface area contributed by atoms with E-state index in [9.17, 15) is 4.53 Å². The molecule has 42 valence electrons. The summed E-state index contributed by atoms with van der Waals surface area (Å²) in [7, 11) is 0. The average Bonchev–Trinajstić information content (AvgIpc) is 1.69. The average molecular weight is 216 g/mol. The van der Waals surface area contributed by atoms with Crippen LogP contribution in [0.4, 0.5) is 4.53 Å². The quantitative estimate of drug-likeness (QED) is 0.399. The van der Waals surface area contributed by atoms with Crippen molar-refractivity contribution in [3.05, 3.63) is 12.3 Å². The largest absolute Gasteiger partial charge is 0.303 e. The number of hydrogen-bond acceptors (Lipinski definition) is 1. The van der Waals surface area contributed by atoms with Gasteiger partial charge in [0.05, 0.1) is 0 Å². The van der Waals surface area contributed by atoms with Crippen molar-refractivity contribution in [3.8, 4) is 0 Å². The highest BCUT2D eigenvalue weighted by atomic mass is 127. The third-order valence-electron chi connectivity index (χ3n) is 0.423. The first-order valence-corrected chi connectivity index (χ1v) is 3.42. The summed E-state index contributed by atoms with van der Waals surface area (Å²) in [6.07, 6.45) is 3.54. The second kappa shape index (κ2) is 6.20. The molecule has 0 saturated carbocycles. The summed E-state index contributed by atoms with van der Waals surface area (Å²) in [5, 5.41) is 0. The van der Waals surface area contributed by atoms with Crippen molar-refractivity contribution in [2.75, 3.05) is 4.43 Å². The van der Waals surface area contributed by atoms with Crippen LogP contribution in [0.15, 0.2) is 12.3 Å². The molecule has 0 saturated heterocycles. The zero-order valence-electron chi connectivity index (χ0n) is 3.73. The van der Waals surface area contributed by atoms with E-state index in [4.69, 9.17) is 0 Å². The fourth-order valence-corrected chi connectivity index (χ4v) is 0.527. The number of hydrogen-bond donors (Lipinski definition) is 0. The minimum atomic E-state index is 0.866. The Morgan fingerprint density at radius 2 is 2.43 bits per heavy atom. The van der Waals surface area contributed by atoms with Gasteiger partial charge in [0.15, 0.2) is 0 Å². The Kier molecular flexibility index (Phi) is 6.38. The van der Waals surface area contributed by atoms with Crippen LogP contribution in [0.2, 0.25) is 0 Å². The molecule has 3 heteroatoms. The molecule has 7 heavy (non-hydrogen) atoms. The molecule has 0 unspecified atom stereocenters. The topological polar surface area (TPSA) is 9.23 Å². The van der Waals surface area contributed by atoms with Crippen molar-refractivity contribution in [1.29, 1.82) is 0 Å². The maximum absolute atomic E-state index is 10.7. The van der Waals surface area contributed by atoms with Gasteiger partial charge < -0.3 is 4.94 Å². The number of halogens is 2. The Labute approximate surface area is 55.6 Å². The van der Waals surface area contributed by atoms with Gasteiger partial charge in [0.25, 0.3) is 0 Å². The number of allylic oxidation sites excluding steroid dienone is 1. The maximum Gasteiger partial charge on any atom is 0.132 e. The molecule has 0 fully saturated rings. The summed E-state index contributed by atoms with van der Waals surface area (Å²) in [5.74, 6) is 0. The minimum Gasteiger partial charge on any atom is -0.303 e. The van der Waals surface area contributed by atoms with Crippen molar-refractivity contribution in [3.63, 3.8) is 0 Å². The van der Waals surface area contributed by atoms with Crippen LogP contribution in [0, 0.1) is 0 Å². The fraction of sp³-hybridized carbons (Fsp3) is 0.500. The van der Waals surface area contributed by atoms with Crippen molar-refractivity contribution >= 4 is 22.6 Å². The van der Waals surface area contributed by atoms with Crippen molar-refractivity contribution < 1.29 is 9.47 Å². The highest BCUT2D eigenvalue weighted by Gasteiger charge is 1.71. The second-order valence-electron chi connectivity index (χ2n) is 0.939. The molecule has 0 aromatic rings. The molecule has 0 N–H and O–H groups in total. The lowest BCUT2D eigenvalue weighted by Crippen LogP contribution is -1.64. The van der Waals surface area contributed by atoms with Gasteiger partial charge in [-0.05, 0) is 12.5 Å². The van der Waals surface area contributed by atoms with Crippen molar-refractivity contribution in [1.82, 2.24) is 0 Å². The van der Waals surface area contributed by atoms with E-state index >= 15 is 0 Å². The Bertz CT molecular complexity index is 55.7. The lowest BCUT2D eigenvalue weighted by atomic mass is 10.5. The molecule has 0 atom stereocenters. The molecule has 0 aliphatic rings. The Hall–Kier alpha value is 0.200. The lowest BCUT2D eigenvalue weighted by molar-refractivity contribution is -0.0620. The minimum absolute atomic E-state index is 0.866. The van der Waals surface area contributed by atoms with Gasteiger partial charge in [-0.3, -0.25) is 0 Å². The van der Waals surface area contributed by atoms with Crippen molar-refractivity contribution in [2.24, 2.45) is 0 Å². The van der Waals surface area contributed by atoms with E-state index in [2.05, 4.69) is 27.5 Å². The molecule has 0 aliphatic heterocycles. The molecular formula is C4H6FIO. The first-order chi connectivity index (χ1) is 3.41. The third kappa shape index (κ3) is 6.20. The van der Waals surface area contributed by atoms with E-state index in [0.29, 0.717) is 0 Å². The monoisotopic (exact) mass is 216 g/mol. The molecule has 1 nitrogen and oxygen atoms in total. The molecule has 0 bridgehead atoms. The molecule has 0 aliphatic carbocycles. The van der Waals surface area contributed by atoms with Gasteiger partial charge in [0.2, 0.25) is 0 Å². The fourth-order valence-electron chi connectivity index (χ4n) is 0.167. The SMILES string of the molecule is FOC=CCCI. The van der Waals surface area contributed by atoms with E-state index in [0.717, 1.165) is 17.1 Å². The molecular weight excluding hydrogens is 210 g/mol. The Morgan fingerprint density at radius 3 is 2.86 bits per heavy atom. The normalized spacial score (nSPS) is 10.0. The van der Waals surface area contributed by atoms with E-state index in [1.54, 1.807) is 6.08 Å². The highest BCUT2D eigenvalue weighted by Crippen LogP contribution is 1.89. The zero-order valence-corrected chi connectivity index (χ0v) is 5.89. The van der Waals surface area contributed by atoms with Gasteiger partial charge in [-0.1, -0.05) is 22.6 Å². The van der Waals surface area contributed by atoms with Gasteiger partial charge >= 0.3 is 0 Å². The van der Waals surface area contributed by atoms with Gasteiger partial charge in [-0.2, -0.15) is 0 Å². The Morgan fingerprint density at radius 1 is 1.71 bits per heavy atom. The zero-order chi connectivity index (χ0) is 5.54. The third-order valence-corrected chi connectivity index (χ3v) is 1.05. The van der Waals surface area contributed by atoms with Crippen LogP contribution < -0.4 is 0 Å². The summed E-state index contributed by atoms with van der Waals surface area (Å²) < 4.78 is 11.7. The van der Waals surface area contributed by atoms with Gasteiger partial charge in [0, 0.05) is 8.95 Å². The van der Waals surface area contributed by atoms with E-state index in [-0.39, 0.29) is 0 Å². The molecule has 0 amide bonds. The van der Waals surface area contributed by atoms with Crippen LogP contribution in [0.5, 0.6) is 0 Å². The van der Waals surface area contributed by atoms with Crippen LogP contribution >= 0.6 is 22.6 Å². The van der Waals surface area contributed by atoms with Crippen LogP contribution in [0.25, 0.3) is 0 Å². The molecule has 0 aromatic heterocycles. The van der Waals surface area contributed by atoms with Crippen LogP contribution in [-0.2, 0) is 4.94 Å². The van der Waals surface area contributed by atoms with Crippen LogP contribution in [0.1, 0.15) is 6.42 Å². The van der Waals surface area contributed by atoms with Gasteiger partial charge in [0.1, 0.15) is 6.26 Å². The summed E-state index contributed by atoms with van der Waals surface area (Å²) in [4.78, 5) is 3.16. The smallest absolute Gasteiger partial charge is 0.132 e. The molecule has 0 heterocycles. The number of alkyl halides is 1. The first-order valence-electron chi connectivity index (χ1n) is 1.90. The number of rotatable bonds is 3. The summed E-state index contributed by atoms with van der Waals surface area (Å²) in [6.45, 7) is 0. The predicted octanol–water partition coefficient (Wildman–Crippen LogP) is 2.23. The summed E-state index contributed by atoms with van der Waals surface area (Å²) in [6, 6.07) is 0.